The molecule has 4 unspecified atom stereocenters. The normalized spacial score (nSPS) is 22.0. The Morgan fingerprint density at radius 2 is 1.22 bits per heavy atom. The number of cyclic esters (lactones) is 1. The Balaban J connectivity index is 2.30. The Morgan fingerprint density at radius 3 is 1.82 bits per heavy atom. The minimum absolute atomic E-state index is 0.00460. The number of carboxylic acid groups (broad SMARTS) is 4. The minimum Gasteiger partial charge on any atom is -0.481 e. The smallest absolute Gasteiger partial charge is 0.335 e. The molecule has 0 radical (unpaired) electrons. The van der Waals surface area contributed by atoms with Gasteiger partial charge in [0.15, 0.2) is 12.2 Å². The van der Waals surface area contributed by atoms with Gasteiger partial charge in [0.25, 0.3) is 0 Å². The average Bonchev–Trinajstić information content (AvgIpc) is 1.76. The highest BCUT2D eigenvalue weighted by molar-refractivity contribution is 6.03. The summed E-state index contributed by atoms with van der Waals surface area (Å²) >= 11 is 0. The van der Waals surface area contributed by atoms with Gasteiger partial charge in [-0.15, -0.1) is 0 Å². The molecule has 1 aliphatic heterocycles. The van der Waals surface area contributed by atoms with Gasteiger partial charge in [-0.1, -0.05) is 90.8 Å². The molecular weight excluding hydrogens is 1550 g/mol. The fraction of sp³-hybridized carbons (Fsp3) is 0.616. The second kappa shape index (κ2) is 49.7. The second-order valence-corrected chi connectivity index (χ2v) is 28.4. The molecule has 117 heavy (non-hydrogen) atoms. The van der Waals surface area contributed by atoms with Gasteiger partial charge in [-0.3, -0.25) is 86.3 Å². The summed E-state index contributed by atoms with van der Waals surface area (Å²) in [7, 11) is 1.70. The lowest BCUT2D eigenvalue weighted by Crippen LogP contribution is -2.64. The summed E-state index contributed by atoms with van der Waals surface area (Å²) in [5.41, 5.74) is 17.8. The van der Waals surface area contributed by atoms with Crippen molar-refractivity contribution in [2.45, 2.75) is 242 Å². The molecule has 24 N–H and O–H groups in total. The summed E-state index contributed by atoms with van der Waals surface area (Å²) in [6.45, 7) is 5.66. The first-order chi connectivity index (χ1) is 55.1. The molecule has 650 valence electrons. The molecule has 1 fully saturated rings. The lowest BCUT2D eigenvalue weighted by atomic mass is 9.94. The van der Waals surface area contributed by atoms with E-state index in [0.717, 1.165) is 67.0 Å². The lowest BCUT2D eigenvalue weighted by Gasteiger charge is -2.33. The van der Waals surface area contributed by atoms with Crippen LogP contribution in [-0.4, -0.2) is 272 Å². The zero-order valence-corrected chi connectivity index (χ0v) is 66.4. The number of carbonyl (C=O) groups is 20. The number of primary amides is 2. The van der Waals surface area contributed by atoms with Crippen LogP contribution in [0.2, 0.25) is 0 Å². The number of nitrogens with zero attached hydrogens (tertiary/aromatic N) is 1. The summed E-state index contributed by atoms with van der Waals surface area (Å²) in [6, 6.07) is -15.7. The highest BCUT2D eigenvalue weighted by Crippen LogP contribution is 2.22. The van der Waals surface area contributed by atoms with Crippen molar-refractivity contribution >= 4 is 129 Å². The van der Waals surface area contributed by atoms with E-state index in [2.05, 4.69) is 65.1 Å². The summed E-state index contributed by atoms with van der Waals surface area (Å²) in [5.74, 6) is -31.0. The number of esters is 1. The number of hydrogen-bond donors (Lipinski definition) is 21. The fourth-order valence-electron chi connectivity index (χ4n) is 12.2. The van der Waals surface area contributed by atoms with Crippen molar-refractivity contribution in [1.29, 1.82) is 0 Å². The Labute approximate surface area is 672 Å². The molecule has 44 nitrogen and oxygen atoms in total. The number of fused-ring (bicyclic) bond motifs is 1. The third kappa shape index (κ3) is 33.4. The maximum absolute atomic E-state index is 15.0. The van der Waals surface area contributed by atoms with Crippen LogP contribution in [0, 0.1) is 11.8 Å². The summed E-state index contributed by atoms with van der Waals surface area (Å²) in [6.07, 6.45) is -5.03. The Kier molecular flexibility index (Phi) is 42.2. The quantitative estimate of drug-likeness (QED) is 0.0220. The van der Waals surface area contributed by atoms with Gasteiger partial charge in [0, 0.05) is 50.5 Å². The number of aromatic amines is 1. The molecule has 1 saturated heterocycles. The largest absolute Gasteiger partial charge is 0.481 e. The average molecular weight is 1660 g/mol. The number of unbranched alkanes of at least 4 members (excludes halogenated alkanes) is 7. The number of nitrogens with one attached hydrogen (secondary N) is 13. The molecule has 16 atom stereocenters. The number of hydrogen-bond acceptors (Lipinski definition) is 24. The molecule has 1 aliphatic rings. The number of likely N-dealkylation sites (N-methyl/N-ethyl adjacent to an activating group) is 1. The van der Waals surface area contributed by atoms with E-state index >= 15 is 4.79 Å². The van der Waals surface area contributed by atoms with Gasteiger partial charge in [-0.05, 0) is 76.0 Å². The standard InChI is InChI=1S/C73H111N17O27/c1-9-11-12-13-14-15-16-24-48(92)80-44(29-39-32-77-41-22-18-17-21-40(39)41)65(106)83-43(25-26-51(95)96)64(105)88-57(59(101)61(76)102)70(111)87-56-38(6)117-73(115)55(35(3)10-2)86-69(110)54(36(4)28-52(97)98)85-67(108)45(30-47(75)91)81-49(93)33-78-68(109)58(60(116-8)72(113)114)89-63(104)42(23-19-20-27-74)82-66(107)46(31-53(99)100)84-62(103)37(5)79-50(94)34-90(7)71(56)112/h17-18,21-22,32,35-38,42-46,54-60,77,101H,9-16,19-20,23-31,33-34,74H2,1-8H3,(H2,75,91)(H2,76,102)(H,78,109)(H,79,94)(H,80,92)(H,81,93)(H,82,107)(H,83,106)(H,84,103)(H,85,108)(H,86,110)(H,87,111)(H,88,105)(H,89,104)(H,95,96)(H,97,98)(H,99,100)(H,113,114)/t35-,36+,37-,38?,42+,43+,44-,45+,46?,54?,55-,56?,57-,58-,59+,60+/m0/s1. The predicted octanol–water partition coefficient (Wildman–Crippen LogP) is -5.83. The molecule has 0 aliphatic carbocycles. The number of para-hydroxylation sites is 1. The number of aliphatic hydroxyl groups is 1. The molecule has 2 heterocycles. The van der Waals surface area contributed by atoms with Gasteiger partial charge in [-0.25, -0.2) is 9.59 Å². The van der Waals surface area contributed by atoms with Crippen LogP contribution < -0.4 is 81.0 Å². The number of aliphatic carboxylic acids is 4. The first kappa shape index (κ1) is 99.2. The Morgan fingerprint density at radius 1 is 0.624 bits per heavy atom. The number of aromatic nitrogens is 1. The lowest BCUT2D eigenvalue weighted by molar-refractivity contribution is -0.159. The topological polar surface area (TPSA) is 702 Å². The number of amides is 15. The van der Waals surface area contributed by atoms with Crippen LogP contribution in [0.15, 0.2) is 30.5 Å². The van der Waals surface area contributed by atoms with E-state index in [1.165, 1.54) is 13.8 Å². The van der Waals surface area contributed by atoms with Gasteiger partial charge < -0.3 is 126 Å². The van der Waals surface area contributed by atoms with Crippen molar-refractivity contribution < 1.29 is 131 Å². The highest BCUT2D eigenvalue weighted by Gasteiger charge is 2.44. The van der Waals surface area contributed by atoms with E-state index in [-0.39, 0.29) is 45.1 Å². The molecule has 1 aromatic heterocycles. The van der Waals surface area contributed by atoms with Crippen LogP contribution in [0.4, 0.5) is 0 Å². The van der Waals surface area contributed by atoms with E-state index in [1.807, 2.05) is 10.6 Å². The number of ether oxygens (including phenoxy) is 2. The van der Waals surface area contributed by atoms with E-state index < -0.39 is 260 Å². The van der Waals surface area contributed by atoms with Crippen molar-refractivity contribution in [2.24, 2.45) is 29.0 Å². The number of benzene rings is 1. The number of H-pyrrole nitrogens is 1. The molecule has 0 bridgehead atoms. The molecule has 0 saturated carbocycles. The van der Waals surface area contributed by atoms with E-state index in [9.17, 15) is 117 Å². The maximum Gasteiger partial charge on any atom is 0.335 e. The van der Waals surface area contributed by atoms with Crippen molar-refractivity contribution in [1.82, 2.24) is 73.7 Å². The third-order valence-corrected chi connectivity index (χ3v) is 19.0. The van der Waals surface area contributed by atoms with Crippen molar-refractivity contribution in [3.63, 3.8) is 0 Å². The van der Waals surface area contributed by atoms with Crippen LogP contribution in [0.1, 0.15) is 156 Å². The number of rotatable bonds is 38. The van der Waals surface area contributed by atoms with Gasteiger partial charge in [0.2, 0.25) is 88.6 Å². The van der Waals surface area contributed by atoms with Crippen LogP contribution in [0.25, 0.3) is 10.9 Å². The molecule has 0 spiro atoms. The van der Waals surface area contributed by atoms with Crippen molar-refractivity contribution in [3.05, 3.63) is 36.0 Å². The molecule has 15 amide bonds. The fourth-order valence-corrected chi connectivity index (χ4v) is 12.2. The molecule has 44 heteroatoms. The van der Waals surface area contributed by atoms with Crippen molar-refractivity contribution in [3.8, 4) is 0 Å². The second-order valence-electron chi connectivity index (χ2n) is 28.4. The van der Waals surface area contributed by atoms with Gasteiger partial charge >= 0.3 is 29.8 Å². The van der Waals surface area contributed by atoms with Crippen LogP contribution in [-0.2, 0) is 112 Å². The first-order valence-corrected chi connectivity index (χ1v) is 38.1. The maximum atomic E-state index is 15.0. The van der Waals surface area contributed by atoms with Gasteiger partial charge in [0.05, 0.1) is 32.4 Å². The van der Waals surface area contributed by atoms with Crippen LogP contribution >= 0.6 is 0 Å². The monoisotopic (exact) mass is 1660 g/mol. The van der Waals surface area contributed by atoms with Gasteiger partial charge in [0.1, 0.15) is 72.6 Å². The SMILES string of the molecule is CCCCCCCCCC(=O)N[C@@H](Cc1c[nH]c2ccccc12)C(=O)N[C@H](CCC(=O)O)C(=O)N[C@H](C(=O)NC1C(=O)N(C)CC(=O)N[C@@H](C)C(=O)NC(CC(=O)O)C(=O)N[C@H](CCCCN)C(=O)N[C@@H]([C@@H](OC)C(=O)O)C(=O)NCC(=O)N[C@H](CC(N)=O)C(=O)NC([C@H](C)CC(=O)O)C(=O)N[C@@H]([C@@H](C)CC)C(=O)OC1C)[C@@H](O)C(N)=O. The molecular formula is C73H111N17O27. The molecule has 2 aromatic rings. The van der Waals surface area contributed by atoms with Crippen molar-refractivity contribution in [2.75, 3.05) is 33.8 Å². The zero-order valence-electron chi connectivity index (χ0n) is 66.4. The Bertz CT molecular complexity index is 3880. The number of aliphatic hydroxyl groups excluding tert-OH is 1. The first-order valence-electron chi connectivity index (χ1n) is 38.1. The number of carbonyl (C=O) groups excluding carboxylic acids is 16. The number of nitrogens with two attached hydrogens (primary N) is 3. The Hall–Kier alpha value is -12.0. The zero-order chi connectivity index (χ0) is 88.1. The number of methoxy groups -OCH3 is 1. The molecule has 1 aromatic carbocycles. The minimum atomic E-state index is -2.80. The van der Waals surface area contributed by atoms with E-state index in [4.69, 9.17) is 26.7 Å². The summed E-state index contributed by atoms with van der Waals surface area (Å²) in [5, 5.41) is 78.4. The van der Waals surface area contributed by atoms with Gasteiger partial charge in [-0.2, -0.15) is 0 Å². The van der Waals surface area contributed by atoms with Crippen LogP contribution in [0.3, 0.4) is 0 Å². The third-order valence-electron chi connectivity index (χ3n) is 19.0. The molecule has 3 rings (SSSR count). The summed E-state index contributed by atoms with van der Waals surface area (Å²) < 4.78 is 10.8. The predicted molar refractivity (Wildman–Crippen MR) is 408 cm³/mol. The highest BCUT2D eigenvalue weighted by atomic mass is 16.5. The number of carboxylic acids is 4. The summed E-state index contributed by atoms with van der Waals surface area (Å²) in [4.78, 5) is 278. The van der Waals surface area contributed by atoms with E-state index in [1.54, 1.807) is 30.5 Å². The van der Waals surface area contributed by atoms with E-state index in [0.29, 0.717) is 34.2 Å². The van der Waals surface area contributed by atoms with Crippen LogP contribution in [0.5, 0.6) is 0 Å².